The van der Waals surface area contributed by atoms with Crippen LogP contribution < -0.4 is 5.32 Å². The molecule has 0 fully saturated rings. The van der Waals surface area contributed by atoms with Gasteiger partial charge in [0.25, 0.3) is 0 Å². The highest BCUT2D eigenvalue weighted by atomic mass is 19.1. The van der Waals surface area contributed by atoms with Crippen LogP contribution in [0.25, 0.3) is 11.3 Å². The normalized spacial score (nSPS) is 10.4. The Kier molecular flexibility index (Phi) is 5.24. The largest absolute Gasteiger partial charge is 0.481 e. The fraction of sp³-hybridized carbons (Fsp3) is 0.267. The van der Waals surface area contributed by atoms with Crippen LogP contribution in [0.2, 0.25) is 0 Å². The van der Waals surface area contributed by atoms with Gasteiger partial charge in [0, 0.05) is 19.4 Å². The number of carboxylic acids is 1. The van der Waals surface area contributed by atoms with Gasteiger partial charge in [0.2, 0.25) is 5.91 Å². The number of carboxylic acid groups (broad SMARTS) is 1. The first-order valence-corrected chi connectivity index (χ1v) is 6.74. The van der Waals surface area contributed by atoms with E-state index in [0.29, 0.717) is 17.2 Å². The van der Waals surface area contributed by atoms with E-state index in [4.69, 9.17) is 9.52 Å². The van der Waals surface area contributed by atoms with Crippen molar-refractivity contribution >= 4 is 11.9 Å². The van der Waals surface area contributed by atoms with Gasteiger partial charge in [0.15, 0.2) is 11.7 Å². The number of halogens is 1. The Bertz CT molecular complexity index is 669. The SMILES string of the molecule is O=C(O)CCNC(=O)CCc1ncc(-c2ccccc2F)o1. The number of nitrogens with zero attached hydrogens (tertiary/aromatic N) is 1. The molecular weight excluding hydrogens is 291 g/mol. The number of hydrogen-bond donors (Lipinski definition) is 2. The van der Waals surface area contributed by atoms with E-state index in [0.717, 1.165) is 0 Å². The van der Waals surface area contributed by atoms with Crippen molar-refractivity contribution in [3.8, 4) is 11.3 Å². The van der Waals surface area contributed by atoms with Gasteiger partial charge < -0.3 is 14.8 Å². The third kappa shape index (κ3) is 4.41. The number of oxazole rings is 1. The minimum absolute atomic E-state index is 0.0836. The summed E-state index contributed by atoms with van der Waals surface area (Å²) in [5.41, 5.74) is 0.312. The third-order valence-electron chi connectivity index (χ3n) is 2.92. The molecule has 0 aliphatic rings. The summed E-state index contributed by atoms with van der Waals surface area (Å²) in [5, 5.41) is 10.9. The lowest BCUT2D eigenvalue weighted by atomic mass is 10.2. The van der Waals surface area contributed by atoms with Crippen LogP contribution in [-0.4, -0.2) is 28.5 Å². The van der Waals surface area contributed by atoms with Gasteiger partial charge in [-0.1, -0.05) is 12.1 Å². The number of nitrogens with one attached hydrogen (secondary N) is 1. The highest BCUT2D eigenvalue weighted by molar-refractivity contribution is 5.76. The Morgan fingerprint density at radius 2 is 2.05 bits per heavy atom. The summed E-state index contributed by atoms with van der Waals surface area (Å²) in [6.45, 7) is 0.0836. The van der Waals surface area contributed by atoms with Crippen molar-refractivity contribution in [2.45, 2.75) is 19.3 Å². The molecule has 0 aliphatic carbocycles. The van der Waals surface area contributed by atoms with E-state index in [1.54, 1.807) is 18.2 Å². The fourth-order valence-corrected chi connectivity index (χ4v) is 1.83. The van der Waals surface area contributed by atoms with Gasteiger partial charge in [-0.25, -0.2) is 9.37 Å². The second-order valence-electron chi connectivity index (χ2n) is 4.59. The van der Waals surface area contributed by atoms with Gasteiger partial charge in [0.05, 0.1) is 18.2 Å². The number of aromatic nitrogens is 1. The molecule has 0 unspecified atom stereocenters. The first-order valence-electron chi connectivity index (χ1n) is 6.74. The van der Waals surface area contributed by atoms with Gasteiger partial charge >= 0.3 is 5.97 Å². The quantitative estimate of drug-likeness (QED) is 0.816. The van der Waals surface area contributed by atoms with E-state index in [1.807, 2.05) is 0 Å². The van der Waals surface area contributed by atoms with Crippen molar-refractivity contribution in [2.24, 2.45) is 0 Å². The van der Waals surface area contributed by atoms with Gasteiger partial charge in [-0.3, -0.25) is 9.59 Å². The Balaban J connectivity index is 1.86. The first-order chi connectivity index (χ1) is 10.6. The molecule has 0 bridgehead atoms. The summed E-state index contributed by atoms with van der Waals surface area (Å²) in [6.07, 6.45) is 1.67. The van der Waals surface area contributed by atoms with Crippen LogP contribution in [0.3, 0.4) is 0 Å². The third-order valence-corrected chi connectivity index (χ3v) is 2.92. The molecule has 7 heteroatoms. The highest BCUT2D eigenvalue weighted by Gasteiger charge is 2.11. The minimum Gasteiger partial charge on any atom is -0.481 e. The van der Waals surface area contributed by atoms with Crippen LogP contribution in [0, 0.1) is 5.82 Å². The van der Waals surface area contributed by atoms with E-state index in [9.17, 15) is 14.0 Å². The summed E-state index contributed by atoms with van der Waals surface area (Å²) in [6, 6.07) is 6.18. The van der Waals surface area contributed by atoms with Crippen molar-refractivity contribution < 1.29 is 23.5 Å². The molecule has 0 saturated heterocycles. The molecule has 1 amide bonds. The number of hydrogen-bond acceptors (Lipinski definition) is 4. The molecule has 2 N–H and O–H groups in total. The lowest BCUT2D eigenvalue weighted by molar-refractivity contribution is -0.136. The Hall–Kier alpha value is -2.70. The second kappa shape index (κ2) is 7.35. The lowest BCUT2D eigenvalue weighted by Crippen LogP contribution is -2.26. The van der Waals surface area contributed by atoms with Crippen LogP contribution in [0.5, 0.6) is 0 Å². The Labute approximate surface area is 126 Å². The fourth-order valence-electron chi connectivity index (χ4n) is 1.83. The average molecular weight is 306 g/mol. The molecule has 0 atom stereocenters. The predicted molar refractivity (Wildman–Crippen MR) is 75.5 cm³/mol. The van der Waals surface area contributed by atoms with Crippen molar-refractivity contribution in [1.29, 1.82) is 0 Å². The number of carbonyl (C=O) groups excluding carboxylic acids is 1. The molecule has 0 spiro atoms. The minimum atomic E-state index is -0.970. The van der Waals surface area contributed by atoms with Gasteiger partial charge in [-0.15, -0.1) is 0 Å². The summed E-state index contributed by atoms with van der Waals surface area (Å²) in [5.74, 6) is -1.03. The lowest BCUT2D eigenvalue weighted by Gasteiger charge is -2.01. The maximum absolute atomic E-state index is 13.6. The molecule has 2 rings (SSSR count). The molecule has 2 aromatic rings. The Morgan fingerprint density at radius 1 is 1.27 bits per heavy atom. The number of benzene rings is 1. The maximum atomic E-state index is 13.6. The molecule has 0 radical (unpaired) electrons. The monoisotopic (exact) mass is 306 g/mol. The standard InChI is InChI=1S/C15H15FN2O4/c16-11-4-2-1-3-10(11)12-9-18-14(22-12)6-5-13(19)17-8-7-15(20)21/h1-4,9H,5-8H2,(H,17,19)(H,20,21). The van der Waals surface area contributed by atoms with Crippen LogP contribution in [0.15, 0.2) is 34.9 Å². The molecule has 1 heterocycles. The molecule has 0 aliphatic heterocycles. The van der Waals surface area contributed by atoms with Crippen LogP contribution in [0.4, 0.5) is 4.39 Å². The number of amides is 1. The van der Waals surface area contributed by atoms with Gasteiger partial charge in [0.1, 0.15) is 5.82 Å². The number of rotatable bonds is 7. The number of aliphatic carboxylic acids is 1. The molecule has 0 saturated carbocycles. The summed E-state index contributed by atoms with van der Waals surface area (Å²) in [7, 11) is 0. The zero-order valence-corrected chi connectivity index (χ0v) is 11.7. The average Bonchev–Trinajstić information content (AvgIpc) is 2.94. The zero-order chi connectivity index (χ0) is 15.9. The summed E-state index contributed by atoms with van der Waals surface area (Å²) < 4.78 is 19.0. The maximum Gasteiger partial charge on any atom is 0.305 e. The molecular formula is C15H15FN2O4. The molecule has 6 nitrogen and oxygen atoms in total. The topological polar surface area (TPSA) is 92.4 Å². The highest BCUT2D eigenvalue weighted by Crippen LogP contribution is 2.23. The molecule has 1 aromatic heterocycles. The molecule has 22 heavy (non-hydrogen) atoms. The molecule has 1 aromatic carbocycles. The van der Waals surface area contributed by atoms with E-state index in [2.05, 4.69) is 10.3 Å². The van der Waals surface area contributed by atoms with Crippen LogP contribution in [0.1, 0.15) is 18.7 Å². The van der Waals surface area contributed by atoms with Crippen molar-refractivity contribution in [3.63, 3.8) is 0 Å². The Morgan fingerprint density at radius 3 is 2.77 bits per heavy atom. The summed E-state index contributed by atoms with van der Waals surface area (Å²) in [4.78, 5) is 25.8. The smallest absolute Gasteiger partial charge is 0.305 e. The van der Waals surface area contributed by atoms with E-state index >= 15 is 0 Å². The van der Waals surface area contributed by atoms with Crippen molar-refractivity contribution in [2.75, 3.05) is 6.54 Å². The van der Waals surface area contributed by atoms with Crippen molar-refractivity contribution in [1.82, 2.24) is 10.3 Å². The van der Waals surface area contributed by atoms with Crippen LogP contribution in [-0.2, 0) is 16.0 Å². The predicted octanol–water partition coefficient (Wildman–Crippen LogP) is 2.00. The van der Waals surface area contributed by atoms with E-state index in [1.165, 1.54) is 12.3 Å². The second-order valence-corrected chi connectivity index (χ2v) is 4.59. The first kappa shape index (κ1) is 15.7. The van der Waals surface area contributed by atoms with E-state index in [-0.39, 0.29) is 31.7 Å². The number of aryl methyl sites for hydroxylation is 1. The van der Waals surface area contributed by atoms with E-state index < -0.39 is 11.8 Å². The molecule has 116 valence electrons. The van der Waals surface area contributed by atoms with Gasteiger partial charge in [-0.2, -0.15) is 0 Å². The number of carbonyl (C=O) groups is 2. The van der Waals surface area contributed by atoms with Gasteiger partial charge in [-0.05, 0) is 12.1 Å². The van der Waals surface area contributed by atoms with Crippen LogP contribution >= 0.6 is 0 Å². The summed E-state index contributed by atoms with van der Waals surface area (Å²) >= 11 is 0. The van der Waals surface area contributed by atoms with Crippen molar-refractivity contribution in [3.05, 3.63) is 42.2 Å². The zero-order valence-electron chi connectivity index (χ0n) is 11.7.